The van der Waals surface area contributed by atoms with E-state index in [1.807, 2.05) is 0 Å². The van der Waals surface area contributed by atoms with Gasteiger partial charge in [-0.15, -0.1) is 0 Å². The number of rotatable bonds is 9. The zero-order valence-corrected chi connectivity index (χ0v) is 27.1. The number of nitrogens with zero attached hydrogens (tertiary/aromatic N) is 2. The van der Waals surface area contributed by atoms with Crippen molar-refractivity contribution in [1.29, 1.82) is 0 Å². The highest BCUT2D eigenvalue weighted by atomic mass is 35.5. The number of amides is 1. The van der Waals surface area contributed by atoms with Gasteiger partial charge in [0.2, 0.25) is 0 Å². The molecule has 1 amide bonds. The monoisotopic (exact) mass is 705 g/mol. The van der Waals surface area contributed by atoms with Crippen LogP contribution >= 0.6 is 23.2 Å². The lowest BCUT2D eigenvalue weighted by molar-refractivity contribution is -0.129. The Bertz CT molecular complexity index is 1860. The summed E-state index contributed by atoms with van der Waals surface area (Å²) in [5.41, 5.74) is 6.88. The van der Waals surface area contributed by atoms with Crippen LogP contribution < -0.4 is 15.2 Å². The van der Waals surface area contributed by atoms with E-state index >= 15 is 0 Å². The first-order valence-electron chi connectivity index (χ1n) is 14.1. The smallest absolute Gasteiger partial charge is 0.387 e. The van der Waals surface area contributed by atoms with E-state index in [-0.39, 0.29) is 28.9 Å². The average molecular weight is 707 g/mol. The van der Waals surface area contributed by atoms with E-state index < -0.39 is 30.6 Å². The number of nitrogens with two attached hydrogens (primary N) is 1. The molecule has 0 radical (unpaired) electrons. The molecule has 1 aliphatic heterocycles. The van der Waals surface area contributed by atoms with Crippen LogP contribution in [0.2, 0.25) is 10.0 Å². The average Bonchev–Trinajstić information content (AvgIpc) is 3.26. The molecule has 2 atom stereocenters. The molecule has 48 heavy (non-hydrogen) atoms. The molecular formula is C34H29Cl2F4N3O5. The van der Waals surface area contributed by atoms with Crippen LogP contribution in [0.25, 0.3) is 0 Å². The number of ketones is 1. The van der Waals surface area contributed by atoms with E-state index in [0.717, 1.165) is 0 Å². The fourth-order valence-electron chi connectivity index (χ4n) is 5.02. The molecule has 0 aliphatic carbocycles. The van der Waals surface area contributed by atoms with E-state index in [4.69, 9.17) is 28.9 Å². The van der Waals surface area contributed by atoms with E-state index in [9.17, 15) is 32.3 Å². The van der Waals surface area contributed by atoms with Crippen molar-refractivity contribution >= 4 is 40.9 Å². The highest BCUT2D eigenvalue weighted by molar-refractivity contribution is 6.31. The Hall–Kier alpha value is -4.65. The van der Waals surface area contributed by atoms with Gasteiger partial charge in [-0.1, -0.05) is 59.6 Å². The topological polar surface area (TPSA) is 114 Å². The Morgan fingerprint density at radius 1 is 0.833 bits per heavy atom. The minimum Gasteiger partial charge on any atom is -0.435 e. The van der Waals surface area contributed by atoms with Crippen LogP contribution in [0.3, 0.4) is 0 Å². The normalized spacial score (nSPS) is 16.4. The number of hydrogen-bond acceptors (Lipinski definition) is 7. The number of aliphatic hydroxyl groups is 1. The molecule has 14 heteroatoms. The highest BCUT2D eigenvalue weighted by Crippen LogP contribution is 2.41. The summed E-state index contributed by atoms with van der Waals surface area (Å²) in [6.07, 6.45) is -1.40. The molecule has 0 bridgehead atoms. The van der Waals surface area contributed by atoms with Gasteiger partial charge in [0.15, 0.2) is 17.3 Å². The molecule has 2 unspecified atom stereocenters. The second-order valence-corrected chi connectivity index (χ2v) is 11.5. The number of aryl methyl sites for hydroxylation is 2. The van der Waals surface area contributed by atoms with Crippen molar-refractivity contribution in [2.45, 2.75) is 38.7 Å². The number of halogens is 6. The number of aliphatic imine (C=N–C) groups is 1. The van der Waals surface area contributed by atoms with E-state index in [1.165, 1.54) is 48.3 Å². The van der Waals surface area contributed by atoms with Crippen molar-refractivity contribution in [3.63, 3.8) is 0 Å². The first-order valence-corrected chi connectivity index (χ1v) is 14.9. The number of likely N-dealkylation sites (N-methyl/N-ethyl adjacent to an activating group) is 1. The number of carbonyl (C=O) groups excluding carboxylic acids is 2. The Balaban J connectivity index is 0.000000220. The van der Waals surface area contributed by atoms with Crippen molar-refractivity contribution in [3.8, 4) is 11.5 Å². The highest BCUT2D eigenvalue weighted by Gasteiger charge is 2.49. The fourth-order valence-corrected chi connectivity index (χ4v) is 5.40. The summed E-state index contributed by atoms with van der Waals surface area (Å²) >= 11 is 11.9. The van der Waals surface area contributed by atoms with Gasteiger partial charge >= 0.3 is 13.2 Å². The summed E-state index contributed by atoms with van der Waals surface area (Å²) in [6, 6.07) is 21.6. The number of hydrogen-bond donors (Lipinski definition) is 2. The first-order chi connectivity index (χ1) is 22.6. The molecule has 0 aromatic heterocycles. The Kier molecular flexibility index (Phi) is 11.4. The van der Waals surface area contributed by atoms with Gasteiger partial charge < -0.3 is 20.3 Å². The molecule has 1 heterocycles. The van der Waals surface area contributed by atoms with Crippen LogP contribution in [-0.2, 0) is 10.3 Å². The Morgan fingerprint density at radius 2 is 1.38 bits per heavy atom. The van der Waals surface area contributed by atoms with Gasteiger partial charge in [0.05, 0.1) is 0 Å². The van der Waals surface area contributed by atoms with Crippen LogP contribution in [0.15, 0.2) is 89.9 Å². The summed E-state index contributed by atoms with van der Waals surface area (Å²) in [4.78, 5) is 30.9. The fraction of sp³-hybridized carbons (Fsp3) is 0.206. The number of Topliss-reactive ketones (excluding diaryl/α,β-unsaturated/α-hetero) is 1. The van der Waals surface area contributed by atoms with Crippen molar-refractivity contribution in [2.24, 2.45) is 10.7 Å². The first kappa shape index (κ1) is 36.2. The third-order valence-corrected chi connectivity index (χ3v) is 7.85. The molecule has 3 N–H and O–H groups in total. The van der Waals surface area contributed by atoms with Crippen LogP contribution in [0.5, 0.6) is 11.5 Å². The molecule has 1 aliphatic rings. The summed E-state index contributed by atoms with van der Waals surface area (Å²) in [5, 5.41) is 11.0. The number of benzene rings is 4. The number of carbonyl (C=O) groups is 2. The molecule has 0 saturated heterocycles. The predicted octanol–water partition coefficient (Wildman–Crippen LogP) is 7.45. The molecular weight excluding hydrogens is 677 g/mol. The van der Waals surface area contributed by atoms with Gasteiger partial charge in [-0.05, 0) is 90.2 Å². The zero-order valence-electron chi connectivity index (χ0n) is 25.6. The van der Waals surface area contributed by atoms with Gasteiger partial charge in [-0.25, -0.2) is 4.99 Å². The van der Waals surface area contributed by atoms with Crippen LogP contribution in [0, 0.1) is 13.8 Å². The van der Waals surface area contributed by atoms with Gasteiger partial charge in [-0.3, -0.25) is 14.5 Å². The van der Waals surface area contributed by atoms with Crippen molar-refractivity contribution in [1.82, 2.24) is 4.90 Å². The lowest BCUT2D eigenvalue weighted by atomic mass is 9.82. The maximum Gasteiger partial charge on any atom is 0.387 e. The van der Waals surface area contributed by atoms with E-state index in [0.29, 0.717) is 37.9 Å². The number of alkyl halides is 4. The summed E-state index contributed by atoms with van der Waals surface area (Å²) in [6.45, 7) is -2.70. The van der Waals surface area contributed by atoms with Crippen molar-refractivity contribution in [3.05, 3.63) is 128 Å². The van der Waals surface area contributed by atoms with Crippen LogP contribution in [0.4, 0.5) is 17.6 Å². The Labute approximate surface area is 283 Å². The molecule has 8 nitrogen and oxygen atoms in total. The summed E-state index contributed by atoms with van der Waals surface area (Å²) < 4.78 is 58.3. The maximum absolute atomic E-state index is 13.1. The molecule has 0 saturated carbocycles. The third kappa shape index (κ3) is 7.89. The number of aliphatic hydroxyl groups excluding tert-OH is 1. The molecule has 4 aromatic carbocycles. The van der Waals surface area contributed by atoms with Gasteiger partial charge in [0, 0.05) is 22.7 Å². The molecule has 0 spiro atoms. The second-order valence-electron chi connectivity index (χ2n) is 10.6. The predicted molar refractivity (Wildman–Crippen MR) is 173 cm³/mol. The van der Waals surface area contributed by atoms with Gasteiger partial charge in [0.25, 0.3) is 5.91 Å². The van der Waals surface area contributed by atoms with E-state index in [2.05, 4.69) is 14.5 Å². The second kappa shape index (κ2) is 15.1. The number of ether oxygens (including phenoxy) is 2. The quantitative estimate of drug-likeness (QED) is 0.138. The number of guanidine groups is 1. The third-order valence-electron chi connectivity index (χ3n) is 7.38. The largest absolute Gasteiger partial charge is 0.435 e. The molecule has 0 fully saturated rings. The molecule has 4 aromatic rings. The summed E-state index contributed by atoms with van der Waals surface area (Å²) in [5.74, 6) is -0.800. The lowest BCUT2D eigenvalue weighted by Gasteiger charge is -2.27. The lowest BCUT2D eigenvalue weighted by Crippen LogP contribution is -2.41. The van der Waals surface area contributed by atoms with Crippen LogP contribution in [0.1, 0.15) is 44.3 Å². The van der Waals surface area contributed by atoms with Gasteiger partial charge in [0.1, 0.15) is 17.6 Å². The van der Waals surface area contributed by atoms with Crippen molar-refractivity contribution in [2.75, 3.05) is 7.05 Å². The zero-order chi connectivity index (χ0) is 35.3. The van der Waals surface area contributed by atoms with E-state index in [1.54, 1.807) is 62.4 Å². The van der Waals surface area contributed by atoms with Crippen molar-refractivity contribution < 1.29 is 41.7 Å². The summed E-state index contributed by atoms with van der Waals surface area (Å²) in [7, 11) is 1.52. The standard InChI is InChI=1S/C18H16ClF2N3O2.C16H13ClF2O3/c1-10-8-12(6-7-14(10)26-16(20)21)18(11-4-3-5-13(19)9-11)15(25)24(2)17(22)23-18;1-9-7-11(5-6-13(9)22-16(18)19)15(21)14(20)10-3-2-4-12(17)8-10/h3-9,16H,1-2H3,(H2,22,23);2-8,15-16,21H,1H3. The van der Waals surface area contributed by atoms with Crippen LogP contribution in [-0.4, -0.2) is 47.9 Å². The molecule has 252 valence electrons. The molecule has 5 rings (SSSR count). The minimum atomic E-state index is -2.94. The SMILES string of the molecule is Cc1cc(C(O)C(=O)c2cccc(Cl)c2)ccc1OC(F)F.Cc1cc(C2(c3cccc(Cl)c3)N=C(N)N(C)C2=O)ccc1OC(F)F. The Morgan fingerprint density at radius 3 is 1.88 bits per heavy atom. The van der Waals surface area contributed by atoms with Gasteiger partial charge in [-0.2, -0.15) is 17.6 Å². The maximum atomic E-state index is 13.1. The minimum absolute atomic E-state index is 0.00107.